The van der Waals surface area contributed by atoms with Crippen molar-refractivity contribution in [1.82, 2.24) is 10.3 Å². The van der Waals surface area contributed by atoms with E-state index in [0.29, 0.717) is 6.61 Å². The number of nitrogens with one attached hydrogen (secondary N) is 1. The summed E-state index contributed by atoms with van der Waals surface area (Å²) in [7, 11) is 0. The van der Waals surface area contributed by atoms with Gasteiger partial charge in [0.1, 0.15) is 5.01 Å². The molecule has 0 saturated heterocycles. The van der Waals surface area contributed by atoms with Crippen molar-refractivity contribution < 1.29 is 4.74 Å². The van der Waals surface area contributed by atoms with Crippen LogP contribution >= 0.6 is 11.3 Å². The average molecular weight is 214 g/mol. The van der Waals surface area contributed by atoms with Crippen LogP contribution in [0.2, 0.25) is 0 Å². The van der Waals surface area contributed by atoms with Crippen LogP contribution in [0, 0.1) is 0 Å². The molecule has 0 fully saturated rings. The molecule has 0 saturated carbocycles. The molecule has 0 aliphatic carbocycles. The zero-order chi connectivity index (χ0) is 10.2. The van der Waals surface area contributed by atoms with Gasteiger partial charge in [0.05, 0.1) is 12.3 Å². The molecule has 1 rings (SSSR count). The molecule has 1 aromatic heterocycles. The van der Waals surface area contributed by atoms with Crippen molar-refractivity contribution in [3.8, 4) is 0 Å². The Morgan fingerprint density at radius 1 is 1.50 bits per heavy atom. The Morgan fingerprint density at radius 2 is 2.36 bits per heavy atom. The van der Waals surface area contributed by atoms with E-state index in [9.17, 15) is 0 Å². The van der Waals surface area contributed by atoms with Crippen LogP contribution in [0.15, 0.2) is 5.38 Å². The minimum absolute atomic E-state index is 0.655. The minimum atomic E-state index is 0.655. The second kappa shape index (κ2) is 6.92. The van der Waals surface area contributed by atoms with E-state index in [1.807, 2.05) is 6.92 Å². The maximum absolute atomic E-state index is 5.29. The Balaban J connectivity index is 2.27. The SMILES string of the molecule is CCNCCc1csc(COCC)n1. The summed E-state index contributed by atoms with van der Waals surface area (Å²) >= 11 is 1.68. The lowest BCUT2D eigenvalue weighted by molar-refractivity contribution is 0.134. The van der Waals surface area contributed by atoms with Crippen LogP contribution in [0.5, 0.6) is 0 Å². The van der Waals surface area contributed by atoms with Crippen LogP contribution in [0.4, 0.5) is 0 Å². The molecule has 0 unspecified atom stereocenters. The number of aromatic nitrogens is 1. The minimum Gasteiger partial charge on any atom is -0.375 e. The molecule has 0 bridgehead atoms. The highest BCUT2D eigenvalue weighted by Gasteiger charge is 2.00. The molecule has 0 aromatic carbocycles. The molecule has 1 N–H and O–H groups in total. The molecular formula is C10H18N2OS. The van der Waals surface area contributed by atoms with E-state index >= 15 is 0 Å². The summed E-state index contributed by atoms with van der Waals surface area (Å²) in [6, 6.07) is 0. The zero-order valence-electron chi connectivity index (χ0n) is 8.88. The van der Waals surface area contributed by atoms with Gasteiger partial charge in [-0.3, -0.25) is 0 Å². The van der Waals surface area contributed by atoms with Crippen molar-refractivity contribution in [3.63, 3.8) is 0 Å². The standard InChI is InChI=1S/C10H18N2OS/c1-3-11-6-5-9-8-14-10(12-9)7-13-4-2/h8,11H,3-7H2,1-2H3. The predicted octanol–water partition coefficient (Wildman–Crippen LogP) is 1.83. The number of hydrogen-bond donors (Lipinski definition) is 1. The molecule has 0 radical (unpaired) electrons. The normalized spacial score (nSPS) is 10.7. The Kier molecular flexibility index (Phi) is 5.75. The lowest BCUT2D eigenvalue weighted by atomic mass is 10.3. The third-order valence-corrected chi connectivity index (χ3v) is 2.71. The smallest absolute Gasteiger partial charge is 0.119 e. The van der Waals surface area contributed by atoms with E-state index in [1.165, 1.54) is 5.69 Å². The van der Waals surface area contributed by atoms with Crippen LogP contribution in [-0.4, -0.2) is 24.7 Å². The third kappa shape index (κ3) is 4.17. The molecule has 1 heterocycles. The first-order valence-electron chi connectivity index (χ1n) is 5.08. The van der Waals surface area contributed by atoms with Crippen LogP contribution in [0.3, 0.4) is 0 Å². The number of nitrogens with zero attached hydrogens (tertiary/aromatic N) is 1. The van der Waals surface area contributed by atoms with Gasteiger partial charge >= 0.3 is 0 Å². The van der Waals surface area contributed by atoms with E-state index < -0.39 is 0 Å². The van der Waals surface area contributed by atoms with Gasteiger partial charge in [0.2, 0.25) is 0 Å². The molecule has 0 spiro atoms. The first-order valence-corrected chi connectivity index (χ1v) is 5.96. The predicted molar refractivity (Wildman–Crippen MR) is 59.7 cm³/mol. The first-order chi connectivity index (χ1) is 6.86. The lowest BCUT2D eigenvalue weighted by Crippen LogP contribution is -2.16. The molecule has 0 aliphatic rings. The Bertz CT molecular complexity index is 250. The van der Waals surface area contributed by atoms with Gasteiger partial charge in [-0.05, 0) is 13.5 Å². The van der Waals surface area contributed by atoms with Gasteiger partial charge in [-0.2, -0.15) is 0 Å². The van der Waals surface area contributed by atoms with Crippen molar-refractivity contribution in [2.24, 2.45) is 0 Å². The summed E-state index contributed by atoms with van der Waals surface area (Å²) in [4.78, 5) is 4.47. The fourth-order valence-electron chi connectivity index (χ4n) is 1.11. The third-order valence-electron chi connectivity index (χ3n) is 1.84. The van der Waals surface area contributed by atoms with Gasteiger partial charge in [-0.25, -0.2) is 4.98 Å². The maximum Gasteiger partial charge on any atom is 0.119 e. The molecule has 0 amide bonds. The molecule has 3 nitrogen and oxygen atoms in total. The number of ether oxygens (including phenoxy) is 1. The second-order valence-electron chi connectivity index (χ2n) is 2.97. The van der Waals surface area contributed by atoms with E-state index in [4.69, 9.17) is 4.74 Å². The molecule has 0 atom stereocenters. The summed E-state index contributed by atoms with van der Waals surface area (Å²) in [5.74, 6) is 0. The van der Waals surface area contributed by atoms with Gasteiger partial charge in [-0.1, -0.05) is 6.92 Å². The highest BCUT2D eigenvalue weighted by molar-refractivity contribution is 7.09. The largest absolute Gasteiger partial charge is 0.375 e. The fourth-order valence-corrected chi connectivity index (χ4v) is 1.88. The van der Waals surface area contributed by atoms with Crippen LogP contribution in [0.1, 0.15) is 24.5 Å². The van der Waals surface area contributed by atoms with Crippen molar-refractivity contribution >= 4 is 11.3 Å². The van der Waals surface area contributed by atoms with E-state index in [1.54, 1.807) is 11.3 Å². The van der Waals surface area contributed by atoms with Crippen LogP contribution < -0.4 is 5.32 Å². The van der Waals surface area contributed by atoms with Gasteiger partial charge in [0, 0.05) is 25.0 Å². The summed E-state index contributed by atoms with van der Waals surface area (Å²) in [6.07, 6.45) is 1.01. The van der Waals surface area contributed by atoms with Gasteiger partial charge in [0.25, 0.3) is 0 Å². The highest BCUT2D eigenvalue weighted by Crippen LogP contribution is 2.10. The van der Waals surface area contributed by atoms with E-state index in [-0.39, 0.29) is 0 Å². The first kappa shape index (κ1) is 11.6. The Morgan fingerprint density at radius 3 is 3.07 bits per heavy atom. The lowest BCUT2D eigenvalue weighted by Gasteiger charge is -1.98. The number of thiazole rings is 1. The Hall–Kier alpha value is -0.450. The van der Waals surface area contributed by atoms with Gasteiger partial charge in [-0.15, -0.1) is 11.3 Å². The Labute approximate surface area is 89.5 Å². The van der Waals surface area contributed by atoms with Crippen molar-refractivity contribution in [2.45, 2.75) is 26.9 Å². The summed E-state index contributed by atoms with van der Waals surface area (Å²) in [5, 5.41) is 6.48. The quantitative estimate of drug-likeness (QED) is 0.703. The second-order valence-corrected chi connectivity index (χ2v) is 3.92. The number of likely N-dealkylation sites (N-methyl/N-ethyl adjacent to an activating group) is 1. The monoisotopic (exact) mass is 214 g/mol. The number of rotatable bonds is 7. The summed E-state index contributed by atoms with van der Waals surface area (Å²) in [5.41, 5.74) is 1.17. The van der Waals surface area contributed by atoms with Crippen LogP contribution in [-0.2, 0) is 17.8 Å². The van der Waals surface area contributed by atoms with Gasteiger partial charge in [0.15, 0.2) is 0 Å². The van der Waals surface area contributed by atoms with Crippen molar-refractivity contribution in [3.05, 3.63) is 16.1 Å². The van der Waals surface area contributed by atoms with Crippen LogP contribution in [0.25, 0.3) is 0 Å². The molecule has 80 valence electrons. The average Bonchev–Trinajstić information content (AvgIpc) is 2.63. The topological polar surface area (TPSA) is 34.1 Å². The molecular weight excluding hydrogens is 196 g/mol. The molecule has 0 aliphatic heterocycles. The molecule has 1 aromatic rings. The van der Waals surface area contributed by atoms with Crippen molar-refractivity contribution in [1.29, 1.82) is 0 Å². The van der Waals surface area contributed by atoms with E-state index in [0.717, 1.165) is 31.1 Å². The molecule has 14 heavy (non-hydrogen) atoms. The van der Waals surface area contributed by atoms with E-state index in [2.05, 4.69) is 22.6 Å². The highest BCUT2D eigenvalue weighted by atomic mass is 32.1. The maximum atomic E-state index is 5.29. The fraction of sp³-hybridized carbons (Fsp3) is 0.700. The molecule has 4 heteroatoms. The van der Waals surface area contributed by atoms with Gasteiger partial charge < -0.3 is 10.1 Å². The zero-order valence-corrected chi connectivity index (χ0v) is 9.69. The summed E-state index contributed by atoms with van der Waals surface area (Å²) in [6.45, 7) is 7.56. The number of hydrogen-bond acceptors (Lipinski definition) is 4. The summed E-state index contributed by atoms with van der Waals surface area (Å²) < 4.78 is 5.29. The van der Waals surface area contributed by atoms with Crippen molar-refractivity contribution in [2.75, 3.05) is 19.7 Å².